The van der Waals surface area contributed by atoms with Crippen molar-refractivity contribution < 1.29 is 0 Å². The van der Waals surface area contributed by atoms with Gasteiger partial charge in [0.05, 0.1) is 5.02 Å². The van der Waals surface area contributed by atoms with Crippen molar-refractivity contribution in [1.29, 1.82) is 0 Å². The molecule has 1 aromatic heterocycles. The summed E-state index contributed by atoms with van der Waals surface area (Å²) in [7, 11) is 0. The van der Waals surface area contributed by atoms with Crippen molar-refractivity contribution in [2.75, 3.05) is 6.54 Å². The third-order valence-electron chi connectivity index (χ3n) is 2.61. The van der Waals surface area contributed by atoms with E-state index >= 15 is 0 Å². The molecule has 0 saturated carbocycles. The smallest absolute Gasteiger partial charge is 0.0586 e. The molecule has 0 spiro atoms. The highest BCUT2D eigenvalue weighted by molar-refractivity contribution is 7.11. The number of hydrogen-bond acceptors (Lipinski definition) is 2. The van der Waals surface area contributed by atoms with Gasteiger partial charge in [0.2, 0.25) is 0 Å². The van der Waals surface area contributed by atoms with E-state index in [1.807, 2.05) is 11.4 Å². The Bertz CT molecular complexity index is 337. The second-order valence-corrected chi connectivity index (χ2v) is 5.02. The summed E-state index contributed by atoms with van der Waals surface area (Å²) < 4.78 is 0. The van der Waals surface area contributed by atoms with Gasteiger partial charge in [-0.05, 0) is 43.8 Å². The molecule has 3 heteroatoms. The zero-order valence-corrected chi connectivity index (χ0v) is 9.79. The second-order valence-electron chi connectivity index (χ2n) is 3.67. The van der Waals surface area contributed by atoms with E-state index in [1.54, 1.807) is 11.3 Å². The molecule has 1 aliphatic heterocycles. The minimum atomic E-state index is 0.563. The topological polar surface area (TPSA) is 12.0 Å². The van der Waals surface area contributed by atoms with Crippen LogP contribution in [0.2, 0.25) is 5.02 Å². The Hall–Kier alpha value is -0.310. The van der Waals surface area contributed by atoms with Gasteiger partial charge >= 0.3 is 0 Å². The van der Waals surface area contributed by atoms with Crippen molar-refractivity contribution in [2.45, 2.75) is 25.8 Å². The third kappa shape index (κ3) is 2.19. The Morgan fingerprint density at radius 1 is 1.71 bits per heavy atom. The Morgan fingerprint density at radius 3 is 3.14 bits per heavy atom. The number of rotatable bonds is 2. The molecule has 1 unspecified atom stereocenters. The molecule has 1 N–H and O–H groups in total. The van der Waals surface area contributed by atoms with Crippen LogP contribution in [0.1, 0.15) is 24.6 Å². The first-order chi connectivity index (χ1) is 6.77. The van der Waals surface area contributed by atoms with Gasteiger partial charge in [-0.15, -0.1) is 11.3 Å². The highest BCUT2D eigenvalue weighted by Crippen LogP contribution is 2.26. The fourth-order valence-electron chi connectivity index (χ4n) is 1.79. The van der Waals surface area contributed by atoms with Crippen LogP contribution in [0.5, 0.6) is 0 Å². The van der Waals surface area contributed by atoms with Crippen molar-refractivity contribution in [3.63, 3.8) is 0 Å². The van der Waals surface area contributed by atoms with Crippen LogP contribution in [-0.4, -0.2) is 12.6 Å². The molecule has 1 saturated heterocycles. The summed E-state index contributed by atoms with van der Waals surface area (Å²) in [6.45, 7) is 3.33. The van der Waals surface area contributed by atoms with Gasteiger partial charge in [-0.25, -0.2) is 0 Å². The fraction of sp³-hybridized carbons (Fsp3) is 0.455. The molecule has 0 amide bonds. The number of nitrogens with one attached hydrogen (secondary N) is 1. The molecule has 1 fully saturated rings. The molecule has 2 rings (SSSR count). The summed E-state index contributed by atoms with van der Waals surface area (Å²) in [6, 6.07) is 2.51. The molecule has 2 heterocycles. The molecule has 1 aromatic rings. The zero-order valence-electron chi connectivity index (χ0n) is 8.22. The fourth-order valence-corrected chi connectivity index (χ4v) is 2.90. The van der Waals surface area contributed by atoms with Crippen LogP contribution in [0.4, 0.5) is 0 Å². The van der Waals surface area contributed by atoms with Crippen LogP contribution in [-0.2, 0) is 0 Å². The van der Waals surface area contributed by atoms with Crippen LogP contribution in [0, 0.1) is 0 Å². The monoisotopic (exact) mass is 227 g/mol. The van der Waals surface area contributed by atoms with Crippen LogP contribution in [0.25, 0.3) is 6.08 Å². The minimum Gasteiger partial charge on any atom is -0.310 e. The number of hydrogen-bond donors (Lipinski definition) is 1. The van der Waals surface area contributed by atoms with E-state index in [-0.39, 0.29) is 0 Å². The Kier molecular flexibility index (Phi) is 3.26. The van der Waals surface area contributed by atoms with E-state index in [0.717, 1.165) is 11.6 Å². The average Bonchev–Trinajstić information content (AvgIpc) is 2.77. The lowest BCUT2D eigenvalue weighted by atomic mass is 10.1. The summed E-state index contributed by atoms with van der Waals surface area (Å²) in [4.78, 5) is 1.18. The van der Waals surface area contributed by atoms with Crippen LogP contribution < -0.4 is 5.32 Å². The van der Waals surface area contributed by atoms with Crippen LogP contribution >= 0.6 is 22.9 Å². The van der Waals surface area contributed by atoms with Gasteiger partial charge in [-0.1, -0.05) is 17.2 Å². The van der Waals surface area contributed by atoms with Crippen molar-refractivity contribution in [1.82, 2.24) is 5.32 Å². The van der Waals surface area contributed by atoms with Crippen LogP contribution in [0.15, 0.2) is 17.0 Å². The molecule has 1 atom stereocenters. The second kappa shape index (κ2) is 4.47. The average molecular weight is 228 g/mol. The zero-order chi connectivity index (χ0) is 9.97. The van der Waals surface area contributed by atoms with E-state index in [0.29, 0.717) is 6.04 Å². The van der Waals surface area contributed by atoms with Gasteiger partial charge < -0.3 is 5.32 Å². The molecule has 14 heavy (non-hydrogen) atoms. The first kappa shape index (κ1) is 10.2. The molecule has 1 aliphatic rings. The predicted molar refractivity (Wildman–Crippen MR) is 64.0 cm³/mol. The normalized spacial score (nSPS) is 23.0. The Balaban J connectivity index is 2.13. The van der Waals surface area contributed by atoms with Crippen molar-refractivity contribution in [2.24, 2.45) is 0 Å². The van der Waals surface area contributed by atoms with Gasteiger partial charge in [0, 0.05) is 10.9 Å². The lowest BCUT2D eigenvalue weighted by Crippen LogP contribution is -2.22. The van der Waals surface area contributed by atoms with Gasteiger partial charge in [0.1, 0.15) is 0 Å². The van der Waals surface area contributed by atoms with E-state index in [4.69, 9.17) is 11.6 Å². The van der Waals surface area contributed by atoms with E-state index < -0.39 is 0 Å². The maximum absolute atomic E-state index is 6.04. The highest BCUT2D eigenvalue weighted by Gasteiger charge is 2.15. The van der Waals surface area contributed by atoms with Gasteiger partial charge in [-0.2, -0.15) is 0 Å². The molecule has 0 radical (unpaired) electrons. The number of thiophene rings is 1. The quantitative estimate of drug-likeness (QED) is 0.815. The first-order valence-corrected chi connectivity index (χ1v) is 6.17. The van der Waals surface area contributed by atoms with Gasteiger partial charge in [0.15, 0.2) is 0 Å². The largest absolute Gasteiger partial charge is 0.310 e. The Labute approximate surface area is 93.8 Å². The molecular weight excluding hydrogens is 214 g/mol. The first-order valence-electron chi connectivity index (χ1n) is 4.92. The lowest BCUT2D eigenvalue weighted by molar-refractivity contribution is 0.693. The van der Waals surface area contributed by atoms with Gasteiger partial charge in [-0.3, -0.25) is 0 Å². The highest BCUT2D eigenvalue weighted by atomic mass is 35.5. The lowest BCUT2D eigenvalue weighted by Gasteiger charge is -2.10. The summed E-state index contributed by atoms with van der Waals surface area (Å²) in [6.07, 6.45) is 4.75. The SMILES string of the molecule is C/C(=C/c1sccc1Cl)C1CCCN1. The molecule has 0 bridgehead atoms. The maximum Gasteiger partial charge on any atom is 0.0586 e. The van der Waals surface area contributed by atoms with Crippen molar-refractivity contribution >= 4 is 29.0 Å². The standard InChI is InChI=1S/C11H14ClNS/c1-8(10-3-2-5-13-10)7-11-9(12)4-6-14-11/h4,6-7,10,13H,2-3,5H2,1H3/b8-7-. The molecule has 0 aliphatic carbocycles. The molecule has 1 nitrogen and oxygen atoms in total. The number of halogens is 1. The maximum atomic E-state index is 6.04. The molecule has 76 valence electrons. The van der Waals surface area contributed by atoms with E-state index in [1.165, 1.54) is 23.3 Å². The third-order valence-corrected chi connectivity index (χ3v) is 3.92. The summed E-state index contributed by atoms with van der Waals surface area (Å²) in [5.74, 6) is 0. The summed E-state index contributed by atoms with van der Waals surface area (Å²) in [5, 5.41) is 6.38. The van der Waals surface area contributed by atoms with Crippen molar-refractivity contribution in [3.05, 3.63) is 26.9 Å². The molecule has 0 aromatic carbocycles. The summed E-state index contributed by atoms with van der Waals surface area (Å²) in [5.41, 5.74) is 1.40. The minimum absolute atomic E-state index is 0.563. The van der Waals surface area contributed by atoms with Gasteiger partial charge in [0.25, 0.3) is 0 Å². The van der Waals surface area contributed by atoms with Crippen molar-refractivity contribution in [3.8, 4) is 0 Å². The molecular formula is C11H14ClNS. The van der Waals surface area contributed by atoms with E-state index in [2.05, 4.69) is 18.3 Å². The van der Waals surface area contributed by atoms with E-state index in [9.17, 15) is 0 Å². The predicted octanol–water partition coefficient (Wildman–Crippen LogP) is 3.56. The van der Waals surface area contributed by atoms with Crippen LogP contribution in [0.3, 0.4) is 0 Å². The Morgan fingerprint density at radius 2 is 2.57 bits per heavy atom. The summed E-state index contributed by atoms with van der Waals surface area (Å²) >= 11 is 7.74.